The normalized spacial score (nSPS) is 11.2. The summed E-state index contributed by atoms with van der Waals surface area (Å²) in [6, 6.07) is 7.86. The fourth-order valence-electron chi connectivity index (χ4n) is 1.73. The van der Waals surface area contributed by atoms with E-state index in [0.717, 1.165) is 0 Å². The van der Waals surface area contributed by atoms with Gasteiger partial charge in [-0.1, -0.05) is 6.07 Å². The van der Waals surface area contributed by atoms with E-state index in [9.17, 15) is 13.2 Å². The van der Waals surface area contributed by atoms with E-state index in [1.807, 2.05) is 0 Å². The quantitative estimate of drug-likeness (QED) is 0.863. The molecule has 110 valence electrons. The molecular formula is C13H12BrN3O3S. The molecule has 3 N–H and O–H groups in total. The van der Waals surface area contributed by atoms with Crippen LogP contribution in [-0.2, 0) is 10.0 Å². The molecule has 0 aliphatic carbocycles. The zero-order valence-electron chi connectivity index (χ0n) is 11.0. The van der Waals surface area contributed by atoms with Gasteiger partial charge < -0.3 is 5.32 Å². The van der Waals surface area contributed by atoms with Crippen LogP contribution in [0, 0.1) is 6.92 Å². The van der Waals surface area contributed by atoms with Gasteiger partial charge in [0, 0.05) is 16.4 Å². The van der Waals surface area contributed by atoms with Crippen LogP contribution in [0.25, 0.3) is 0 Å². The highest BCUT2D eigenvalue weighted by molar-refractivity contribution is 9.10. The van der Waals surface area contributed by atoms with Crippen LogP contribution in [0.4, 0.5) is 5.69 Å². The molecule has 0 atom stereocenters. The maximum atomic E-state index is 12.1. The third-order valence-corrected chi connectivity index (χ3v) is 4.42. The molecule has 1 heterocycles. The summed E-state index contributed by atoms with van der Waals surface area (Å²) in [5.41, 5.74) is 1.04. The lowest BCUT2D eigenvalue weighted by molar-refractivity contribution is 0.102. The number of halogens is 1. The van der Waals surface area contributed by atoms with Crippen LogP contribution < -0.4 is 10.5 Å². The van der Waals surface area contributed by atoms with Crippen LogP contribution in [0.1, 0.15) is 16.1 Å². The summed E-state index contributed by atoms with van der Waals surface area (Å²) in [7, 11) is -3.84. The number of nitrogens with one attached hydrogen (secondary N) is 1. The third kappa shape index (κ3) is 3.66. The molecule has 8 heteroatoms. The Hall–Kier alpha value is -1.77. The van der Waals surface area contributed by atoms with Crippen molar-refractivity contribution in [1.29, 1.82) is 0 Å². The van der Waals surface area contributed by atoms with Crippen molar-refractivity contribution in [2.45, 2.75) is 11.8 Å². The topological polar surface area (TPSA) is 102 Å². The predicted octanol–water partition coefficient (Wildman–Crippen LogP) is 2.05. The summed E-state index contributed by atoms with van der Waals surface area (Å²) >= 11 is 3.23. The molecule has 0 bridgehead atoms. The van der Waals surface area contributed by atoms with Gasteiger partial charge in [-0.15, -0.1) is 0 Å². The van der Waals surface area contributed by atoms with Gasteiger partial charge in [0.1, 0.15) is 5.69 Å². The SMILES string of the molecule is Cc1ccc(NC(=O)c2ncccc2Br)cc1S(N)(=O)=O. The molecule has 0 fully saturated rings. The molecule has 0 aliphatic rings. The molecule has 1 amide bonds. The minimum absolute atomic E-state index is 0.0274. The molecule has 0 aliphatic heterocycles. The minimum Gasteiger partial charge on any atom is -0.321 e. The van der Waals surface area contributed by atoms with E-state index in [1.54, 1.807) is 31.2 Å². The standard InChI is InChI=1S/C13H12BrN3O3S/c1-8-4-5-9(7-11(8)21(15,19)20)17-13(18)12-10(14)3-2-6-16-12/h2-7H,1H3,(H,17,18)(H2,15,19,20). The summed E-state index contributed by atoms with van der Waals surface area (Å²) in [6.07, 6.45) is 1.49. The molecule has 1 aromatic heterocycles. The number of nitrogens with two attached hydrogens (primary N) is 1. The molecule has 6 nitrogen and oxygen atoms in total. The molecule has 0 radical (unpaired) electrons. The number of aryl methyl sites for hydroxylation is 1. The Morgan fingerprint density at radius 3 is 2.67 bits per heavy atom. The average Bonchev–Trinajstić information content (AvgIpc) is 2.40. The van der Waals surface area contributed by atoms with Crippen molar-refractivity contribution >= 4 is 37.5 Å². The number of primary sulfonamides is 1. The fourth-order valence-corrected chi connectivity index (χ4v) is 2.97. The lowest BCUT2D eigenvalue weighted by Gasteiger charge is -2.09. The van der Waals surface area contributed by atoms with Gasteiger partial charge >= 0.3 is 0 Å². The number of benzene rings is 1. The number of nitrogens with zero attached hydrogens (tertiary/aromatic N) is 1. The number of hydrogen-bond acceptors (Lipinski definition) is 4. The van der Waals surface area contributed by atoms with Crippen molar-refractivity contribution in [3.05, 3.63) is 52.3 Å². The van der Waals surface area contributed by atoms with Gasteiger partial charge in [0.05, 0.1) is 4.90 Å². The number of carbonyl (C=O) groups is 1. The first-order valence-electron chi connectivity index (χ1n) is 5.84. The second kappa shape index (κ2) is 5.92. The largest absolute Gasteiger partial charge is 0.321 e. The van der Waals surface area contributed by atoms with E-state index in [0.29, 0.717) is 15.7 Å². The van der Waals surface area contributed by atoms with Crippen LogP contribution >= 0.6 is 15.9 Å². The highest BCUT2D eigenvalue weighted by atomic mass is 79.9. The maximum absolute atomic E-state index is 12.1. The number of sulfonamides is 1. The predicted molar refractivity (Wildman–Crippen MR) is 82.4 cm³/mol. The molecular weight excluding hydrogens is 358 g/mol. The summed E-state index contributed by atoms with van der Waals surface area (Å²) in [4.78, 5) is 16.0. The number of amides is 1. The second-order valence-electron chi connectivity index (χ2n) is 4.31. The Balaban J connectivity index is 2.33. The van der Waals surface area contributed by atoms with Gasteiger partial charge in [-0.3, -0.25) is 4.79 Å². The number of pyridine rings is 1. The molecule has 21 heavy (non-hydrogen) atoms. The lowest BCUT2D eigenvalue weighted by Crippen LogP contribution is -2.17. The number of hydrogen-bond donors (Lipinski definition) is 2. The van der Waals surface area contributed by atoms with Crippen molar-refractivity contribution in [2.75, 3.05) is 5.32 Å². The van der Waals surface area contributed by atoms with Gasteiger partial charge in [-0.2, -0.15) is 0 Å². The van der Waals surface area contributed by atoms with Crippen molar-refractivity contribution in [3.63, 3.8) is 0 Å². The van der Waals surface area contributed by atoms with Crippen molar-refractivity contribution in [3.8, 4) is 0 Å². The molecule has 0 saturated heterocycles. The number of aromatic nitrogens is 1. The highest BCUT2D eigenvalue weighted by Gasteiger charge is 2.15. The number of rotatable bonds is 3. The van der Waals surface area contributed by atoms with Gasteiger partial charge in [-0.05, 0) is 52.7 Å². The van der Waals surface area contributed by atoms with Crippen LogP contribution in [0.15, 0.2) is 45.9 Å². The van der Waals surface area contributed by atoms with Gasteiger partial charge in [0.2, 0.25) is 10.0 Å². The molecule has 2 aromatic rings. The van der Waals surface area contributed by atoms with Crippen LogP contribution in [-0.4, -0.2) is 19.3 Å². The highest BCUT2D eigenvalue weighted by Crippen LogP contribution is 2.20. The van der Waals surface area contributed by atoms with E-state index in [4.69, 9.17) is 5.14 Å². The number of carbonyl (C=O) groups excluding carboxylic acids is 1. The van der Waals surface area contributed by atoms with Crippen LogP contribution in [0.3, 0.4) is 0 Å². The Morgan fingerprint density at radius 2 is 2.05 bits per heavy atom. The lowest BCUT2D eigenvalue weighted by atomic mass is 10.2. The first-order chi connectivity index (χ1) is 9.79. The summed E-state index contributed by atoms with van der Waals surface area (Å²) in [6.45, 7) is 1.63. The Bertz CT molecular complexity index is 806. The second-order valence-corrected chi connectivity index (χ2v) is 6.70. The molecule has 0 saturated carbocycles. The van der Waals surface area contributed by atoms with E-state index < -0.39 is 15.9 Å². The van der Waals surface area contributed by atoms with Crippen molar-refractivity contribution < 1.29 is 13.2 Å². The third-order valence-electron chi connectivity index (χ3n) is 2.73. The Kier molecular flexibility index (Phi) is 4.40. The molecule has 0 spiro atoms. The van der Waals surface area contributed by atoms with E-state index >= 15 is 0 Å². The molecule has 2 rings (SSSR count). The van der Waals surface area contributed by atoms with E-state index in [-0.39, 0.29) is 10.6 Å². The Labute approximate surface area is 130 Å². The monoisotopic (exact) mass is 369 g/mol. The van der Waals surface area contributed by atoms with Crippen LogP contribution in [0.5, 0.6) is 0 Å². The molecule has 0 unspecified atom stereocenters. The van der Waals surface area contributed by atoms with Crippen molar-refractivity contribution in [1.82, 2.24) is 4.98 Å². The van der Waals surface area contributed by atoms with E-state index in [1.165, 1.54) is 12.3 Å². The summed E-state index contributed by atoms with van der Waals surface area (Å²) in [5, 5.41) is 7.72. The van der Waals surface area contributed by atoms with Crippen LogP contribution in [0.2, 0.25) is 0 Å². The first-order valence-corrected chi connectivity index (χ1v) is 8.18. The van der Waals surface area contributed by atoms with Gasteiger partial charge in [0.25, 0.3) is 5.91 Å². The maximum Gasteiger partial charge on any atom is 0.275 e. The number of anilines is 1. The zero-order valence-corrected chi connectivity index (χ0v) is 13.4. The minimum atomic E-state index is -3.84. The van der Waals surface area contributed by atoms with Gasteiger partial charge in [-0.25, -0.2) is 18.5 Å². The summed E-state index contributed by atoms with van der Waals surface area (Å²) in [5.74, 6) is -0.452. The smallest absolute Gasteiger partial charge is 0.275 e. The average molecular weight is 370 g/mol. The van der Waals surface area contributed by atoms with E-state index in [2.05, 4.69) is 26.2 Å². The fraction of sp³-hybridized carbons (Fsp3) is 0.0769. The van der Waals surface area contributed by atoms with Crippen molar-refractivity contribution in [2.24, 2.45) is 5.14 Å². The molecule has 1 aromatic carbocycles. The summed E-state index contributed by atoms with van der Waals surface area (Å²) < 4.78 is 23.5. The first kappa shape index (κ1) is 15.6. The Morgan fingerprint density at radius 1 is 1.33 bits per heavy atom. The van der Waals surface area contributed by atoms with Gasteiger partial charge in [0.15, 0.2) is 0 Å². The zero-order chi connectivity index (χ0) is 15.6.